The van der Waals surface area contributed by atoms with Crippen LogP contribution in [0, 0.1) is 11.6 Å². The summed E-state index contributed by atoms with van der Waals surface area (Å²) in [6.07, 6.45) is 0. The first-order chi connectivity index (χ1) is 10.0. The Bertz CT molecular complexity index is 640. The molecule has 1 aromatic heterocycles. The maximum atomic E-state index is 13.6. The van der Waals surface area contributed by atoms with Gasteiger partial charge in [0.05, 0.1) is 12.2 Å². The standard InChI is InChI=1S/C12H11F2N3O4/c1-2-20-9(18)6-21-12-15-11(17(19)16-12)10-7(13)4-3-5-8(10)14/h3-5,19H,2,6H2,1H3. The van der Waals surface area contributed by atoms with E-state index in [9.17, 15) is 18.8 Å². The first-order valence-electron chi connectivity index (χ1n) is 5.92. The molecule has 0 unspecified atom stereocenters. The summed E-state index contributed by atoms with van der Waals surface area (Å²) in [4.78, 5) is 14.9. The Morgan fingerprint density at radius 3 is 2.67 bits per heavy atom. The number of hydrogen-bond acceptors (Lipinski definition) is 6. The molecule has 0 aliphatic carbocycles. The second-order valence-electron chi connectivity index (χ2n) is 3.80. The van der Waals surface area contributed by atoms with Crippen LogP contribution >= 0.6 is 0 Å². The van der Waals surface area contributed by atoms with Crippen LogP contribution in [0.25, 0.3) is 11.4 Å². The zero-order chi connectivity index (χ0) is 15.4. The molecule has 0 fully saturated rings. The molecule has 21 heavy (non-hydrogen) atoms. The average Bonchev–Trinajstić information content (AvgIpc) is 2.78. The number of nitrogens with zero attached hydrogens (tertiary/aromatic N) is 3. The molecule has 0 aliphatic heterocycles. The highest BCUT2D eigenvalue weighted by Gasteiger charge is 2.20. The number of halogens is 2. The van der Waals surface area contributed by atoms with Crippen LogP contribution in [-0.4, -0.2) is 39.3 Å². The predicted octanol–water partition coefficient (Wildman–Crippen LogP) is 1.40. The molecule has 9 heteroatoms. The fraction of sp³-hybridized carbons (Fsp3) is 0.250. The maximum Gasteiger partial charge on any atom is 0.344 e. The number of carbonyl (C=O) groups excluding carboxylic acids is 1. The second kappa shape index (κ2) is 6.16. The molecule has 2 aromatic rings. The summed E-state index contributed by atoms with van der Waals surface area (Å²) in [7, 11) is 0. The van der Waals surface area contributed by atoms with Crippen molar-refractivity contribution in [3.05, 3.63) is 29.8 Å². The molecule has 112 valence electrons. The van der Waals surface area contributed by atoms with Gasteiger partial charge in [-0.15, -0.1) is 0 Å². The van der Waals surface area contributed by atoms with Crippen LogP contribution in [-0.2, 0) is 9.53 Å². The van der Waals surface area contributed by atoms with Gasteiger partial charge >= 0.3 is 12.0 Å². The lowest BCUT2D eigenvalue weighted by Gasteiger charge is -2.01. The molecule has 0 bridgehead atoms. The van der Waals surface area contributed by atoms with Gasteiger partial charge in [-0.1, -0.05) is 16.0 Å². The number of benzene rings is 1. The minimum absolute atomic E-state index is 0.169. The van der Waals surface area contributed by atoms with Gasteiger partial charge in [0.1, 0.15) is 11.6 Å². The largest absolute Gasteiger partial charge is 0.463 e. The SMILES string of the molecule is CCOC(=O)COc1nc(-c2c(F)cccc2F)n(O)n1. The Morgan fingerprint density at radius 2 is 2.05 bits per heavy atom. The lowest BCUT2D eigenvalue weighted by atomic mass is 10.2. The average molecular weight is 299 g/mol. The van der Waals surface area contributed by atoms with Crippen LogP contribution in [0.15, 0.2) is 18.2 Å². The van der Waals surface area contributed by atoms with E-state index in [2.05, 4.69) is 14.8 Å². The Hall–Kier alpha value is -2.71. The molecular weight excluding hydrogens is 288 g/mol. The number of carbonyl (C=O) groups is 1. The molecule has 7 nitrogen and oxygen atoms in total. The number of aromatic nitrogens is 3. The number of ether oxygens (including phenoxy) is 2. The van der Waals surface area contributed by atoms with Crippen molar-refractivity contribution in [3.63, 3.8) is 0 Å². The van der Waals surface area contributed by atoms with Crippen LogP contribution in [0.4, 0.5) is 8.78 Å². The number of hydrogen-bond donors (Lipinski definition) is 1. The molecule has 2 rings (SSSR count). The van der Waals surface area contributed by atoms with Crippen LogP contribution in [0.5, 0.6) is 6.01 Å². The summed E-state index contributed by atoms with van der Waals surface area (Å²) in [5, 5.41) is 12.9. The van der Waals surface area contributed by atoms with Gasteiger partial charge in [0.25, 0.3) is 0 Å². The zero-order valence-electron chi connectivity index (χ0n) is 10.9. The maximum absolute atomic E-state index is 13.6. The third kappa shape index (κ3) is 3.25. The van der Waals surface area contributed by atoms with E-state index in [1.165, 1.54) is 6.07 Å². The van der Waals surface area contributed by atoms with Gasteiger partial charge in [0.2, 0.25) is 5.82 Å². The Morgan fingerprint density at radius 1 is 1.38 bits per heavy atom. The van der Waals surface area contributed by atoms with E-state index in [1.54, 1.807) is 6.92 Å². The van der Waals surface area contributed by atoms with Crippen molar-refractivity contribution in [1.82, 2.24) is 14.9 Å². The molecule has 0 saturated carbocycles. The van der Waals surface area contributed by atoms with Gasteiger partial charge in [0, 0.05) is 0 Å². The smallest absolute Gasteiger partial charge is 0.344 e. The van der Waals surface area contributed by atoms with Crippen molar-refractivity contribution in [1.29, 1.82) is 0 Å². The molecule has 0 radical (unpaired) electrons. The van der Waals surface area contributed by atoms with Gasteiger partial charge in [-0.05, 0) is 19.1 Å². The zero-order valence-corrected chi connectivity index (χ0v) is 10.9. The molecule has 1 N–H and O–H groups in total. The van der Waals surface area contributed by atoms with Crippen molar-refractivity contribution in [3.8, 4) is 17.4 Å². The van der Waals surface area contributed by atoms with Crippen LogP contribution in [0.3, 0.4) is 0 Å². The fourth-order valence-corrected chi connectivity index (χ4v) is 1.54. The van der Waals surface area contributed by atoms with E-state index in [-0.39, 0.29) is 11.5 Å². The monoisotopic (exact) mass is 299 g/mol. The normalized spacial score (nSPS) is 10.4. The Labute approximate surface area is 117 Å². The van der Waals surface area contributed by atoms with E-state index < -0.39 is 41.6 Å². The molecule has 1 heterocycles. The summed E-state index contributed by atoms with van der Waals surface area (Å²) in [6, 6.07) is 2.77. The highest BCUT2D eigenvalue weighted by molar-refractivity contribution is 5.70. The third-order valence-electron chi connectivity index (χ3n) is 2.38. The summed E-state index contributed by atoms with van der Waals surface area (Å²) in [5.74, 6) is -2.99. The molecule has 0 saturated heterocycles. The lowest BCUT2D eigenvalue weighted by Crippen LogP contribution is -2.15. The molecule has 0 amide bonds. The van der Waals surface area contributed by atoms with E-state index >= 15 is 0 Å². The van der Waals surface area contributed by atoms with Gasteiger partial charge < -0.3 is 14.7 Å². The van der Waals surface area contributed by atoms with Crippen LogP contribution in [0.1, 0.15) is 6.92 Å². The van der Waals surface area contributed by atoms with E-state index in [1.807, 2.05) is 0 Å². The molecule has 0 aliphatic rings. The van der Waals surface area contributed by atoms with Gasteiger partial charge in [0.15, 0.2) is 6.61 Å². The van der Waals surface area contributed by atoms with E-state index in [0.717, 1.165) is 12.1 Å². The second-order valence-corrected chi connectivity index (χ2v) is 3.80. The Kier molecular flexibility index (Phi) is 4.31. The van der Waals surface area contributed by atoms with Gasteiger partial charge in [-0.3, -0.25) is 0 Å². The van der Waals surface area contributed by atoms with Gasteiger partial charge in [-0.2, -0.15) is 4.98 Å². The lowest BCUT2D eigenvalue weighted by molar-refractivity contribution is -0.145. The van der Waals surface area contributed by atoms with E-state index in [4.69, 9.17) is 4.74 Å². The summed E-state index contributed by atoms with van der Waals surface area (Å²) >= 11 is 0. The first-order valence-corrected chi connectivity index (χ1v) is 5.92. The first kappa shape index (κ1) is 14.7. The van der Waals surface area contributed by atoms with E-state index in [0.29, 0.717) is 0 Å². The molecule has 0 spiro atoms. The van der Waals surface area contributed by atoms with Gasteiger partial charge in [-0.25, -0.2) is 13.6 Å². The summed E-state index contributed by atoms with van der Waals surface area (Å²) in [5.41, 5.74) is -0.557. The highest BCUT2D eigenvalue weighted by atomic mass is 19.1. The van der Waals surface area contributed by atoms with Crippen molar-refractivity contribution in [2.45, 2.75) is 6.92 Å². The van der Waals surface area contributed by atoms with Crippen molar-refractivity contribution < 1.29 is 28.3 Å². The fourth-order valence-electron chi connectivity index (χ4n) is 1.54. The quantitative estimate of drug-likeness (QED) is 0.663. The van der Waals surface area contributed by atoms with Crippen LogP contribution < -0.4 is 4.74 Å². The van der Waals surface area contributed by atoms with Crippen molar-refractivity contribution >= 4 is 5.97 Å². The van der Waals surface area contributed by atoms with Crippen molar-refractivity contribution in [2.24, 2.45) is 0 Å². The number of rotatable bonds is 5. The Balaban J connectivity index is 2.22. The molecule has 0 atom stereocenters. The molecule has 1 aromatic carbocycles. The predicted molar refractivity (Wildman–Crippen MR) is 64.7 cm³/mol. The summed E-state index contributed by atoms with van der Waals surface area (Å²) < 4.78 is 36.7. The summed E-state index contributed by atoms with van der Waals surface area (Å²) in [6.45, 7) is 1.31. The minimum Gasteiger partial charge on any atom is -0.463 e. The van der Waals surface area contributed by atoms with Crippen molar-refractivity contribution in [2.75, 3.05) is 13.2 Å². The highest BCUT2D eigenvalue weighted by Crippen LogP contribution is 2.25. The number of esters is 1. The topological polar surface area (TPSA) is 86.5 Å². The molecular formula is C12H11F2N3O4. The third-order valence-corrected chi connectivity index (χ3v) is 2.38. The minimum atomic E-state index is -0.922. The van der Waals surface area contributed by atoms with Crippen LogP contribution in [0.2, 0.25) is 0 Å².